The number of piperidine rings is 1. The Balaban J connectivity index is 1.91. The van der Waals surface area contributed by atoms with Crippen LogP contribution in [0.4, 0.5) is 0 Å². The number of rotatable bonds is 4. The topological polar surface area (TPSA) is 49.8 Å². The van der Waals surface area contributed by atoms with Gasteiger partial charge in [-0.3, -0.25) is 4.84 Å². The van der Waals surface area contributed by atoms with Crippen LogP contribution in [-0.4, -0.2) is 29.3 Å². The van der Waals surface area contributed by atoms with Gasteiger partial charge in [0.05, 0.1) is 6.61 Å². The molecule has 1 aliphatic heterocycles. The smallest absolute Gasteiger partial charge is 0.148 e. The number of hydrogen-bond donors (Lipinski definition) is 1. The first kappa shape index (κ1) is 12.8. The van der Waals surface area contributed by atoms with Crippen LogP contribution >= 0.6 is 0 Å². The van der Waals surface area contributed by atoms with E-state index in [1.807, 2.05) is 36.3 Å². The fourth-order valence-electron chi connectivity index (χ4n) is 2.03. The molecule has 0 aromatic heterocycles. The summed E-state index contributed by atoms with van der Waals surface area (Å²) < 4.78 is 0. The molecule has 1 N–H and O–H groups in total. The molecular weight excluding hydrogens is 230 g/mol. The van der Waals surface area contributed by atoms with Crippen LogP contribution in [0.1, 0.15) is 18.4 Å². The number of aliphatic hydroxyl groups excluding tert-OH is 1. The summed E-state index contributed by atoms with van der Waals surface area (Å²) in [5.41, 5.74) is 1.56. The summed E-state index contributed by atoms with van der Waals surface area (Å²) in [6.45, 7) is 1.18. The summed E-state index contributed by atoms with van der Waals surface area (Å²) in [4.78, 5) is 16.5. The minimum Gasteiger partial charge on any atom is -0.396 e. The lowest BCUT2D eigenvalue weighted by molar-refractivity contribution is -0.156. The number of benzene rings is 1. The van der Waals surface area contributed by atoms with Crippen molar-refractivity contribution in [3.8, 4) is 0 Å². The van der Waals surface area contributed by atoms with Crippen molar-refractivity contribution in [1.82, 2.24) is 5.06 Å². The van der Waals surface area contributed by atoms with Gasteiger partial charge < -0.3 is 5.11 Å². The number of carbonyl (C=O) groups excluding carboxylic acids is 1. The first-order valence-electron chi connectivity index (χ1n) is 6.12. The summed E-state index contributed by atoms with van der Waals surface area (Å²) in [5, 5.41) is 10.7. The number of aliphatic hydroxyl groups is 1. The largest absolute Gasteiger partial charge is 0.396 e. The van der Waals surface area contributed by atoms with Gasteiger partial charge in [0.25, 0.3) is 0 Å². The Bertz CT molecular complexity index is 426. The Morgan fingerprint density at radius 3 is 2.83 bits per heavy atom. The Morgan fingerprint density at radius 1 is 1.39 bits per heavy atom. The summed E-state index contributed by atoms with van der Waals surface area (Å²) in [7, 11) is 0. The van der Waals surface area contributed by atoms with Crippen molar-refractivity contribution in [2.24, 2.45) is 5.92 Å². The average molecular weight is 247 g/mol. The van der Waals surface area contributed by atoms with Gasteiger partial charge in [-0.15, -0.1) is 0 Å². The Hall–Kier alpha value is -1.61. The molecule has 1 saturated heterocycles. The third kappa shape index (κ3) is 3.20. The van der Waals surface area contributed by atoms with Crippen molar-refractivity contribution in [2.75, 3.05) is 13.2 Å². The van der Waals surface area contributed by atoms with Crippen LogP contribution in [0.15, 0.2) is 36.0 Å². The van der Waals surface area contributed by atoms with E-state index in [4.69, 9.17) is 9.94 Å². The van der Waals surface area contributed by atoms with Crippen LogP contribution in [-0.2, 0) is 16.2 Å². The molecule has 1 heterocycles. The standard InChI is InChI=1S/C14H17NO3/c16-9-13-6-7-15(14(8-13)10-17)18-11-12-4-2-1-3-5-12/h1-5,13,16H,6-9,11H2. The molecule has 4 heteroatoms. The maximum Gasteiger partial charge on any atom is 0.148 e. The van der Waals surface area contributed by atoms with Crippen molar-refractivity contribution >= 4 is 5.94 Å². The highest BCUT2D eigenvalue weighted by Crippen LogP contribution is 2.24. The van der Waals surface area contributed by atoms with Gasteiger partial charge in [0.1, 0.15) is 11.6 Å². The monoisotopic (exact) mass is 247 g/mol. The van der Waals surface area contributed by atoms with E-state index in [-0.39, 0.29) is 12.5 Å². The van der Waals surface area contributed by atoms with E-state index in [9.17, 15) is 4.79 Å². The molecule has 1 aromatic carbocycles. The van der Waals surface area contributed by atoms with Crippen LogP contribution in [0.2, 0.25) is 0 Å². The molecule has 0 spiro atoms. The molecule has 0 amide bonds. The number of nitrogens with zero attached hydrogens (tertiary/aromatic N) is 1. The van der Waals surface area contributed by atoms with Crippen molar-refractivity contribution in [2.45, 2.75) is 19.4 Å². The van der Waals surface area contributed by atoms with Gasteiger partial charge in [0, 0.05) is 19.6 Å². The highest BCUT2D eigenvalue weighted by atomic mass is 16.7. The molecule has 1 atom stereocenters. The first-order valence-corrected chi connectivity index (χ1v) is 6.12. The van der Waals surface area contributed by atoms with Gasteiger partial charge in [-0.25, -0.2) is 9.86 Å². The van der Waals surface area contributed by atoms with Crippen LogP contribution in [0.3, 0.4) is 0 Å². The Labute approximate surface area is 106 Å². The van der Waals surface area contributed by atoms with Gasteiger partial charge in [0.2, 0.25) is 0 Å². The van der Waals surface area contributed by atoms with Gasteiger partial charge in [-0.2, -0.15) is 0 Å². The second-order valence-corrected chi connectivity index (χ2v) is 4.45. The zero-order valence-corrected chi connectivity index (χ0v) is 10.2. The molecule has 1 aliphatic rings. The molecule has 0 aliphatic carbocycles. The van der Waals surface area contributed by atoms with Crippen LogP contribution in [0, 0.1) is 5.92 Å². The maximum atomic E-state index is 10.9. The molecule has 1 fully saturated rings. The van der Waals surface area contributed by atoms with Crippen LogP contribution in [0.5, 0.6) is 0 Å². The Morgan fingerprint density at radius 2 is 2.17 bits per heavy atom. The van der Waals surface area contributed by atoms with Gasteiger partial charge in [-0.05, 0) is 17.9 Å². The average Bonchev–Trinajstić information content (AvgIpc) is 2.46. The van der Waals surface area contributed by atoms with E-state index in [0.29, 0.717) is 25.3 Å². The second kappa shape index (κ2) is 6.36. The quantitative estimate of drug-likeness (QED) is 0.820. The molecule has 4 nitrogen and oxygen atoms in total. The molecule has 1 aromatic rings. The highest BCUT2D eigenvalue weighted by molar-refractivity contribution is 5.51. The first-order chi connectivity index (χ1) is 8.83. The number of hydroxylamine groups is 2. The van der Waals surface area contributed by atoms with Crippen LogP contribution < -0.4 is 0 Å². The van der Waals surface area contributed by atoms with Crippen molar-refractivity contribution < 1.29 is 14.7 Å². The molecule has 18 heavy (non-hydrogen) atoms. The molecule has 0 bridgehead atoms. The fourth-order valence-corrected chi connectivity index (χ4v) is 2.03. The van der Waals surface area contributed by atoms with E-state index in [1.54, 1.807) is 5.06 Å². The summed E-state index contributed by atoms with van der Waals surface area (Å²) >= 11 is 0. The minimum atomic E-state index is 0.109. The van der Waals surface area contributed by atoms with Gasteiger partial charge in [0.15, 0.2) is 0 Å². The molecule has 0 saturated carbocycles. The minimum absolute atomic E-state index is 0.109. The zero-order valence-electron chi connectivity index (χ0n) is 10.2. The van der Waals surface area contributed by atoms with E-state index in [2.05, 4.69) is 0 Å². The summed E-state index contributed by atoms with van der Waals surface area (Å²) in [6, 6.07) is 9.81. The SMILES string of the molecule is O=C=C1CC(CO)CCN1OCc1ccccc1. The van der Waals surface area contributed by atoms with Gasteiger partial charge in [-0.1, -0.05) is 30.3 Å². The number of hydrogen-bond acceptors (Lipinski definition) is 4. The maximum absolute atomic E-state index is 10.9. The molecule has 96 valence electrons. The lowest BCUT2D eigenvalue weighted by atomic mass is 9.97. The van der Waals surface area contributed by atoms with E-state index in [0.717, 1.165) is 12.0 Å². The molecule has 0 radical (unpaired) electrons. The molecule has 1 unspecified atom stereocenters. The third-order valence-corrected chi connectivity index (χ3v) is 3.13. The van der Waals surface area contributed by atoms with Crippen molar-refractivity contribution in [1.29, 1.82) is 0 Å². The van der Waals surface area contributed by atoms with E-state index >= 15 is 0 Å². The number of allylic oxidation sites excluding steroid dienone is 1. The summed E-state index contributed by atoms with van der Waals surface area (Å²) in [6.07, 6.45) is 1.37. The Kier molecular flexibility index (Phi) is 4.53. The third-order valence-electron chi connectivity index (χ3n) is 3.13. The van der Waals surface area contributed by atoms with Crippen molar-refractivity contribution in [3.63, 3.8) is 0 Å². The lowest BCUT2D eigenvalue weighted by Crippen LogP contribution is -2.33. The van der Waals surface area contributed by atoms with Gasteiger partial charge >= 0.3 is 0 Å². The molecule has 2 rings (SSSR count). The second-order valence-electron chi connectivity index (χ2n) is 4.45. The zero-order chi connectivity index (χ0) is 12.8. The highest BCUT2D eigenvalue weighted by Gasteiger charge is 2.24. The normalized spacial score (nSPS) is 19.7. The van der Waals surface area contributed by atoms with E-state index < -0.39 is 0 Å². The predicted octanol–water partition coefficient (Wildman–Crippen LogP) is 1.54. The van der Waals surface area contributed by atoms with E-state index in [1.165, 1.54) is 0 Å². The van der Waals surface area contributed by atoms with Crippen molar-refractivity contribution in [3.05, 3.63) is 41.6 Å². The molecular formula is C14H17NO3. The fraction of sp³-hybridized carbons (Fsp3) is 0.429. The van der Waals surface area contributed by atoms with Crippen LogP contribution in [0.25, 0.3) is 0 Å². The lowest BCUT2D eigenvalue weighted by Gasteiger charge is -2.31. The summed E-state index contributed by atoms with van der Waals surface area (Å²) in [5.74, 6) is 2.06. The predicted molar refractivity (Wildman–Crippen MR) is 67.0 cm³/mol.